The first kappa shape index (κ1) is 29.3. The van der Waals surface area contributed by atoms with Crippen LogP contribution in [-0.2, 0) is 4.74 Å². The number of likely N-dealkylation sites (N-methyl/N-ethyl adjacent to an activating group) is 2. The minimum absolute atomic E-state index is 0.775. The zero-order valence-electron chi connectivity index (χ0n) is 21.4. The molecule has 11 heteroatoms. The van der Waals surface area contributed by atoms with Crippen molar-refractivity contribution in [2.45, 2.75) is 42.7 Å². The second-order valence-corrected chi connectivity index (χ2v) is 11.8. The number of hydrogen-bond acceptors (Lipinski definition) is 11. The van der Waals surface area contributed by atoms with Crippen LogP contribution in [0.1, 0.15) is 44.0 Å². The zero-order valence-corrected chi connectivity index (χ0v) is 24.7. The summed E-state index contributed by atoms with van der Waals surface area (Å²) in [6.07, 6.45) is 13.9. The second kappa shape index (κ2) is 16.6. The van der Waals surface area contributed by atoms with Crippen molar-refractivity contribution < 1.29 is 4.74 Å². The number of aromatic nitrogens is 4. The number of rotatable bonds is 11. The van der Waals surface area contributed by atoms with Gasteiger partial charge in [-0.3, -0.25) is 0 Å². The number of ether oxygens (including phenoxy) is 1. The molecule has 0 unspecified atom stereocenters. The van der Waals surface area contributed by atoms with Gasteiger partial charge in [0.05, 0.1) is 30.1 Å². The van der Waals surface area contributed by atoms with E-state index in [2.05, 4.69) is 59.5 Å². The van der Waals surface area contributed by atoms with Crippen LogP contribution in [0, 0.1) is 12.3 Å². The minimum atomic E-state index is 0.775. The maximum Gasteiger partial charge on any atom is 0.138 e. The van der Waals surface area contributed by atoms with Crippen molar-refractivity contribution >= 4 is 58.1 Å². The molecule has 0 aliphatic carbocycles. The largest absolute Gasteiger partial charge is 0.381 e. The summed E-state index contributed by atoms with van der Waals surface area (Å²) in [6, 6.07) is 0. The van der Waals surface area contributed by atoms with Crippen molar-refractivity contribution in [3.8, 4) is 12.3 Å². The topological polar surface area (TPSA) is 67.3 Å². The Hall–Kier alpha value is -1.26. The fourth-order valence-corrected chi connectivity index (χ4v) is 6.97. The minimum Gasteiger partial charge on any atom is -0.381 e. The monoisotopic (exact) mass is 564 g/mol. The number of unbranched alkanes of at least 4 members (excludes halogenated alkanes) is 1. The lowest BCUT2D eigenvalue weighted by molar-refractivity contribution is 0.164. The summed E-state index contributed by atoms with van der Waals surface area (Å²) >= 11 is 6.12. The maximum absolute atomic E-state index is 5.35. The highest BCUT2D eigenvalue weighted by molar-refractivity contribution is 7.99. The first-order chi connectivity index (χ1) is 17.6. The molecule has 7 nitrogen and oxygen atoms in total. The molecule has 2 aliphatic rings. The third-order valence-electron chi connectivity index (χ3n) is 5.58. The van der Waals surface area contributed by atoms with Gasteiger partial charge in [-0.05, 0) is 51.4 Å². The molecule has 4 rings (SSSR count). The third kappa shape index (κ3) is 9.56. The van der Waals surface area contributed by atoms with Crippen LogP contribution in [0.2, 0.25) is 0 Å². The van der Waals surface area contributed by atoms with Crippen LogP contribution in [0.25, 0.3) is 11.1 Å². The Labute approximate surface area is 232 Å². The molecule has 0 aromatic carbocycles. The highest BCUT2D eigenvalue weighted by Crippen LogP contribution is 2.30. The molecule has 0 radical (unpaired) electrons. The van der Waals surface area contributed by atoms with Gasteiger partial charge in [-0.15, -0.1) is 35.9 Å². The van der Waals surface area contributed by atoms with E-state index >= 15 is 0 Å². The predicted molar refractivity (Wildman–Crippen MR) is 156 cm³/mol. The van der Waals surface area contributed by atoms with Crippen LogP contribution < -0.4 is 0 Å². The van der Waals surface area contributed by atoms with Gasteiger partial charge in [0.1, 0.15) is 21.4 Å². The van der Waals surface area contributed by atoms with Gasteiger partial charge in [0.2, 0.25) is 0 Å². The number of terminal acetylenes is 1. The molecule has 36 heavy (non-hydrogen) atoms. The number of nitrogens with zero attached hydrogens (tertiary/aromatic N) is 6. The van der Waals surface area contributed by atoms with Crippen molar-refractivity contribution in [2.75, 3.05) is 65.0 Å². The Kier molecular flexibility index (Phi) is 13.5. The van der Waals surface area contributed by atoms with E-state index in [1.54, 1.807) is 23.5 Å². The summed E-state index contributed by atoms with van der Waals surface area (Å²) in [5.74, 6) is 4.63. The van der Waals surface area contributed by atoms with Gasteiger partial charge in [-0.1, -0.05) is 12.2 Å². The molecule has 0 fully saturated rings. The van der Waals surface area contributed by atoms with E-state index in [1.165, 1.54) is 34.6 Å². The Morgan fingerprint density at radius 2 is 1.47 bits per heavy atom. The molecular formula is C25H36N6OS4. The molecule has 0 saturated carbocycles. The summed E-state index contributed by atoms with van der Waals surface area (Å²) < 4.78 is 23.0. The molecule has 196 valence electrons. The van der Waals surface area contributed by atoms with E-state index in [0.29, 0.717) is 0 Å². The highest BCUT2D eigenvalue weighted by Gasteiger charge is 2.18. The normalized spacial score (nSPS) is 16.6. The van der Waals surface area contributed by atoms with Crippen molar-refractivity contribution in [3.05, 3.63) is 23.5 Å². The molecule has 2 aliphatic heterocycles. The lowest BCUT2D eigenvalue weighted by Crippen LogP contribution is -2.25. The molecule has 2 aromatic heterocycles. The van der Waals surface area contributed by atoms with Crippen molar-refractivity contribution in [1.82, 2.24) is 27.3 Å². The maximum atomic E-state index is 5.35. The second-order valence-electron chi connectivity index (χ2n) is 8.55. The van der Waals surface area contributed by atoms with Crippen LogP contribution >= 0.6 is 47.0 Å². The lowest BCUT2D eigenvalue weighted by Gasteiger charge is -2.22. The number of thioether (sulfide) groups is 2. The predicted octanol–water partition coefficient (Wildman–Crippen LogP) is 5.15. The SMILES string of the molecule is C#CCCCSc1nsnc1C1=CCCN(C)C1.CCOCCSc1nsnc1C1=CCCN(C)C1. The van der Waals surface area contributed by atoms with Gasteiger partial charge in [0, 0.05) is 50.7 Å². The summed E-state index contributed by atoms with van der Waals surface area (Å²) in [5, 5.41) is 2.12. The quantitative estimate of drug-likeness (QED) is 0.209. The Bertz CT molecular complexity index is 1030. The van der Waals surface area contributed by atoms with Crippen LogP contribution in [0.5, 0.6) is 0 Å². The Morgan fingerprint density at radius 1 is 0.917 bits per heavy atom. The lowest BCUT2D eigenvalue weighted by atomic mass is 10.1. The summed E-state index contributed by atoms with van der Waals surface area (Å²) in [4.78, 5) is 4.64. The molecule has 4 heterocycles. The van der Waals surface area contributed by atoms with Crippen LogP contribution in [0.15, 0.2) is 22.2 Å². The number of hydrogen-bond donors (Lipinski definition) is 0. The van der Waals surface area contributed by atoms with Crippen LogP contribution in [0.3, 0.4) is 0 Å². The summed E-state index contributed by atoms with van der Waals surface area (Å²) in [6.45, 7) is 7.78. The fourth-order valence-electron chi connectivity index (χ4n) is 3.76. The van der Waals surface area contributed by atoms with E-state index in [-0.39, 0.29) is 0 Å². The van der Waals surface area contributed by atoms with E-state index in [1.807, 2.05) is 6.92 Å². The first-order valence-corrected chi connectivity index (χ1v) is 15.7. The Balaban J connectivity index is 0.000000201. The summed E-state index contributed by atoms with van der Waals surface area (Å²) in [7, 11) is 4.29. The van der Waals surface area contributed by atoms with E-state index in [4.69, 9.17) is 11.2 Å². The average molecular weight is 565 g/mol. The van der Waals surface area contributed by atoms with Crippen LogP contribution in [0.4, 0.5) is 0 Å². The van der Waals surface area contributed by atoms with Crippen molar-refractivity contribution in [1.29, 1.82) is 0 Å². The first-order valence-electron chi connectivity index (χ1n) is 12.3. The van der Waals surface area contributed by atoms with Gasteiger partial charge in [-0.25, -0.2) is 0 Å². The van der Waals surface area contributed by atoms with E-state index in [9.17, 15) is 0 Å². The zero-order chi connectivity index (χ0) is 25.6. The molecular weight excluding hydrogens is 529 g/mol. The van der Waals surface area contributed by atoms with Gasteiger partial charge in [0.15, 0.2) is 0 Å². The highest BCUT2D eigenvalue weighted by atomic mass is 32.2. The standard InChI is InChI=1S/C13H17N3S2.C12H19N3OS2/c1-3-4-5-9-17-13-12(14-18-15-13)11-7-6-8-16(2)10-11;1-3-16-7-8-17-12-11(13-18-14-12)10-5-4-6-15(2)9-10/h1,7H,4-6,8-10H2,2H3;5H,3-4,6-9H2,1-2H3. The third-order valence-corrected chi connectivity index (χ3v) is 8.85. The molecule has 0 spiro atoms. The van der Waals surface area contributed by atoms with Gasteiger partial charge in [-0.2, -0.15) is 17.5 Å². The van der Waals surface area contributed by atoms with Gasteiger partial charge < -0.3 is 14.5 Å². The van der Waals surface area contributed by atoms with Gasteiger partial charge >= 0.3 is 0 Å². The molecule has 0 atom stereocenters. The van der Waals surface area contributed by atoms with Crippen molar-refractivity contribution in [2.24, 2.45) is 0 Å². The summed E-state index contributed by atoms with van der Waals surface area (Å²) in [5.41, 5.74) is 4.79. The molecule has 0 saturated heterocycles. The smallest absolute Gasteiger partial charge is 0.138 e. The fraction of sp³-hybridized carbons (Fsp3) is 0.600. The van der Waals surface area contributed by atoms with E-state index < -0.39 is 0 Å². The van der Waals surface area contributed by atoms with E-state index in [0.717, 1.165) is 98.0 Å². The molecule has 0 amide bonds. The van der Waals surface area contributed by atoms with Gasteiger partial charge in [0.25, 0.3) is 0 Å². The molecule has 2 aromatic rings. The Morgan fingerprint density at radius 3 is 1.97 bits per heavy atom. The van der Waals surface area contributed by atoms with Crippen LogP contribution in [-0.4, -0.2) is 92.3 Å². The molecule has 0 bridgehead atoms. The molecule has 0 N–H and O–H groups in total. The van der Waals surface area contributed by atoms with Crippen molar-refractivity contribution in [3.63, 3.8) is 0 Å². The average Bonchev–Trinajstić information content (AvgIpc) is 3.55.